The van der Waals surface area contributed by atoms with Crippen molar-refractivity contribution in [1.82, 2.24) is 4.98 Å². The van der Waals surface area contributed by atoms with E-state index in [1.165, 1.54) is 4.90 Å². The Kier molecular flexibility index (Phi) is 7.29. The van der Waals surface area contributed by atoms with E-state index in [1.54, 1.807) is 44.3 Å². The summed E-state index contributed by atoms with van der Waals surface area (Å²) in [6.45, 7) is 2.91. The molecule has 0 saturated heterocycles. The van der Waals surface area contributed by atoms with Gasteiger partial charge >= 0.3 is 0 Å². The SMILES string of the molecule is Cc1ncccc1N(CO)C(=O)c1ccc2c(c1)C(=O)CC1CC(O)(c3ccccc3)C(C)(O)CC21Cc1ccccc1. The first-order valence-electron chi connectivity index (χ1n) is 14.7. The average molecular weight is 577 g/mol. The fourth-order valence-corrected chi connectivity index (χ4v) is 7.51. The van der Waals surface area contributed by atoms with Crippen LogP contribution in [0.1, 0.15) is 69.3 Å². The van der Waals surface area contributed by atoms with E-state index in [0.717, 1.165) is 11.1 Å². The molecule has 2 aliphatic rings. The van der Waals surface area contributed by atoms with Crippen molar-refractivity contribution in [1.29, 1.82) is 0 Å². The molecule has 1 amide bonds. The molecule has 1 aromatic heterocycles. The Morgan fingerprint density at radius 1 is 0.977 bits per heavy atom. The molecule has 0 radical (unpaired) electrons. The van der Waals surface area contributed by atoms with Gasteiger partial charge in [0, 0.05) is 29.2 Å². The number of pyridine rings is 1. The number of aliphatic hydroxyl groups excluding tert-OH is 1. The van der Waals surface area contributed by atoms with E-state index >= 15 is 0 Å². The highest BCUT2D eigenvalue weighted by Gasteiger charge is 2.62. The van der Waals surface area contributed by atoms with Gasteiger partial charge in [0.1, 0.15) is 12.3 Å². The predicted octanol–water partition coefficient (Wildman–Crippen LogP) is 5.10. The van der Waals surface area contributed by atoms with Crippen molar-refractivity contribution in [2.75, 3.05) is 11.6 Å². The van der Waals surface area contributed by atoms with E-state index in [9.17, 15) is 24.9 Å². The van der Waals surface area contributed by atoms with E-state index in [2.05, 4.69) is 4.98 Å². The molecular weight excluding hydrogens is 540 g/mol. The number of fused-ring (bicyclic) bond motifs is 3. The third-order valence-electron chi connectivity index (χ3n) is 9.68. The zero-order chi connectivity index (χ0) is 30.4. The number of ketones is 1. The Labute approximate surface area is 251 Å². The summed E-state index contributed by atoms with van der Waals surface area (Å²) in [4.78, 5) is 33.0. The monoisotopic (exact) mass is 576 g/mol. The van der Waals surface area contributed by atoms with Gasteiger partial charge in [0.2, 0.25) is 0 Å². The molecule has 6 rings (SSSR count). The first kappa shape index (κ1) is 28.9. The van der Waals surface area contributed by atoms with E-state index in [1.807, 2.05) is 66.7 Å². The van der Waals surface area contributed by atoms with Gasteiger partial charge in [-0.3, -0.25) is 19.5 Å². The smallest absolute Gasteiger partial charge is 0.260 e. The van der Waals surface area contributed by atoms with Crippen LogP contribution < -0.4 is 4.90 Å². The zero-order valence-corrected chi connectivity index (χ0v) is 24.4. The molecule has 7 heteroatoms. The lowest BCUT2D eigenvalue weighted by molar-refractivity contribution is -0.203. The lowest BCUT2D eigenvalue weighted by Crippen LogP contribution is -2.63. The molecular formula is C36H36N2O5. The third kappa shape index (κ3) is 4.78. The van der Waals surface area contributed by atoms with Crippen LogP contribution in [-0.4, -0.2) is 44.3 Å². The van der Waals surface area contributed by atoms with Gasteiger partial charge < -0.3 is 15.3 Å². The molecule has 3 N–H and O–H groups in total. The Balaban J connectivity index is 1.47. The second-order valence-electron chi connectivity index (χ2n) is 12.3. The molecule has 7 nitrogen and oxygen atoms in total. The summed E-state index contributed by atoms with van der Waals surface area (Å²) >= 11 is 0. The van der Waals surface area contributed by atoms with E-state index in [4.69, 9.17) is 0 Å². The fraction of sp³-hybridized carbons (Fsp3) is 0.306. The van der Waals surface area contributed by atoms with Crippen LogP contribution in [0.3, 0.4) is 0 Å². The van der Waals surface area contributed by atoms with Gasteiger partial charge in [-0.05, 0) is 80.0 Å². The van der Waals surface area contributed by atoms with Crippen molar-refractivity contribution >= 4 is 17.4 Å². The number of anilines is 1. The average Bonchev–Trinajstić information content (AvgIpc) is 3.01. The molecule has 4 unspecified atom stereocenters. The highest BCUT2D eigenvalue weighted by molar-refractivity contribution is 6.08. The number of nitrogens with zero attached hydrogens (tertiary/aromatic N) is 2. The van der Waals surface area contributed by atoms with E-state index < -0.39 is 29.3 Å². The number of hydrogen-bond donors (Lipinski definition) is 3. The summed E-state index contributed by atoms with van der Waals surface area (Å²) in [5.41, 5.74) is 0.538. The summed E-state index contributed by atoms with van der Waals surface area (Å²) < 4.78 is 0. The molecule has 3 aromatic carbocycles. The van der Waals surface area contributed by atoms with Gasteiger partial charge in [0.15, 0.2) is 5.78 Å². The van der Waals surface area contributed by atoms with Crippen molar-refractivity contribution in [2.24, 2.45) is 5.92 Å². The minimum Gasteiger partial charge on any atom is -0.387 e. The number of benzene rings is 3. The number of Topliss-reactive ketones (excluding diaryl/α,β-unsaturated/α-hetero) is 1. The quantitative estimate of drug-likeness (QED) is 0.276. The molecule has 0 spiro atoms. The van der Waals surface area contributed by atoms with Crippen molar-refractivity contribution in [2.45, 2.75) is 56.1 Å². The highest BCUT2D eigenvalue weighted by Crippen LogP contribution is 2.59. The van der Waals surface area contributed by atoms with Crippen LogP contribution in [0.5, 0.6) is 0 Å². The minimum atomic E-state index is -1.55. The molecule has 0 aliphatic heterocycles. The van der Waals surface area contributed by atoms with Crippen LogP contribution >= 0.6 is 0 Å². The van der Waals surface area contributed by atoms with Gasteiger partial charge in [0.25, 0.3) is 5.91 Å². The summed E-state index contributed by atoms with van der Waals surface area (Å²) in [5, 5.41) is 34.4. The van der Waals surface area contributed by atoms with Gasteiger partial charge in [-0.2, -0.15) is 0 Å². The first-order valence-corrected chi connectivity index (χ1v) is 14.7. The molecule has 220 valence electrons. The molecule has 4 aromatic rings. The normalized spacial score (nSPS) is 26.3. The Bertz CT molecular complexity index is 1670. The van der Waals surface area contributed by atoms with Crippen molar-refractivity contribution in [3.05, 3.63) is 131 Å². The topological polar surface area (TPSA) is 111 Å². The summed E-state index contributed by atoms with van der Waals surface area (Å²) in [6, 6.07) is 27.8. The van der Waals surface area contributed by atoms with E-state index in [-0.39, 0.29) is 36.5 Å². The zero-order valence-electron chi connectivity index (χ0n) is 24.4. The standard InChI is InChI=1S/C36H36N2O5/c1-24-31(14-9-17-37-24)38(23-39)33(41)26-15-16-30-29(18-26)32(40)19-28-21-36(43,27-12-7-4-8-13-27)34(2,42)22-35(28,30)20-25-10-5-3-6-11-25/h3-18,28,39,42-43H,19-23H2,1-2H3. The molecule has 0 bridgehead atoms. The second kappa shape index (κ2) is 10.8. The third-order valence-corrected chi connectivity index (χ3v) is 9.68. The number of aryl methyl sites for hydroxylation is 1. The maximum Gasteiger partial charge on any atom is 0.260 e. The predicted molar refractivity (Wildman–Crippen MR) is 164 cm³/mol. The van der Waals surface area contributed by atoms with E-state index in [0.29, 0.717) is 28.9 Å². The van der Waals surface area contributed by atoms with Crippen LogP contribution in [0.15, 0.2) is 97.2 Å². The Hall–Kier alpha value is -4.17. The summed E-state index contributed by atoms with van der Waals surface area (Å²) in [6.07, 6.45) is 2.79. The number of aliphatic hydroxyl groups is 3. The van der Waals surface area contributed by atoms with Gasteiger partial charge in [-0.25, -0.2) is 0 Å². The van der Waals surface area contributed by atoms with Crippen LogP contribution in [0.2, 0.25) is 0 Å². The lowest BCUT2D eigenvalue weighted by Gasteiger charge is -2.59. The lowest BCUT2D eigenvalue weighted by atomic mass is 9.48. The number of hydrogen-bond acceptors (Lipinski definition) is 6. The number of aromatic nitrogens is 1. The molecule has 2 aliphatic carbocycles. The van der Waals surface area contributed by atoms with Crippen molar-refractivity contribution in [3.63, 3.8) is 0 Å². The van der Waals surface area contributed by atoms with Gasteiger partial charge in [-0.1, -0.05) is 66.7 Å². The second-order valence-corrected chi connectivity index (χ2v) is 12.3. The van der Waals surface area contributed by atoms with Crippen LogP contribution in [0.25, 0.3) is 0 Å². The van der Waals surface area contributed by atoms with Gasteiger partial charge in [0.05, 0.1) is 17.0 Å². The number of carbonyl (C=O) groups excluding carboxylic acids is 2. The number of amides is 1. The molecule has 4 atom stereocenters. The molecule has 43 heavy (non-hydrogen) atoms. The summed E-state index contributed by atoms with van der Waals surface area (Å²) in [7, 11) is 0. The molecule has 1 heterocycles. The van der Waals surface area contributed by atoms with Crippen molar-refractivity contribution < 1.29 is 24.9 Å². The minimum absolute atomic E-state index is 0.108. The molecule has 1 saturated carbocycles. The van der Waals surface area contributed by atoms with Crippen LogP contribution in [0, 0.1) is 12.8 Å². The number of carbonyl (C=O) groups is 2. The highest BCUT2D eigenvalue weighted by atomic mass is 16.4. The van der Waals surface area contributed by atoms with Crippen LogP contribution in [0.4, 0.5) is 5.69 Å². The van der Waals surface area contributed by atoms with Crippen molar-refractivity contribution in [3.8, 4) is 0 Å². The first-order chi connectivity index (χ1) is 20.6. The Morgan fingerprint density at radius 3 is 2.35 bits per heavy atom. The Morgan fingerprint density at radius 2 is 1.67 bits per heavy atom. The number of rotatable bonds is 6. The fourth-order valence-electron chi connectivity index (χ4n) is 7.51. The summed E-state index contributed by atoms with van der Waals surface area (Å²) in [5.74, 6) is -0.808. The van der Waals surface area contributed by atoms with Crippen LogP contribution in [-0.2, 0) is 17.4 Å². The maximum absolute atomic E-state index is 13.9. The maximum atomic E-state index is 13.9. The molecule has 1 fully saturated rings. The van der Waals surface area contributed by atoms with Gasteiger partial charge in [-0.15, -0.1) is 0 Å². The largest absolute Gasteiger partial charge is 0.387 e.